The summed E-state index contributed by atoms with van der Waals surface area (Å²) in [6, 6.07) is 10.6. The Labute approximate surface area is 114 Å². The third kappa shape index (κ3) is 2.46. The molecule has 96 valence electrons. The average Bonchev–Trinajstić information content (AvgIpc) is 3.01. The summed E-state index contributed by atoms with van der Waals surface area (Å²) < 4.78 is 5.36. The zero-order chi connectivity index (χ0) is 13.2. The first-order chi connectivity index (χ1) is 9.22. The number of benzene rings is 1. The molecule has 5 heteroatoms. The number of nitrogens with zero attached hydrogens (tertiary/aromatic N) is 1. The number of phenols is 1. The first-order valence-corrected chi connectivity index (χ1v) is 6.61. The number of thiazole rings is 1. The summed E-state index contributed by atoms with van der Waals surface area (Å²) >= 11 is 1.57. The van der Waals surface area contributed by atoms with E-state index in [0.717, 1.165) is 27.2 Å². The molecule has 0 aliphatic rings. The van der Waals surface area contributed by atoms with E-state index >= 15 is 0 Å². The van der Waals surface area contributed by atoms with Crippen LogP contribution in [0.15, 0.2) is 47.1 Å². The highest BCUT2D eigenvalue weighted by Crippen LogP contribution is 2.32. The molecule has 0 unspecified atom stereocenters. The smallest absolute Gasteiger partial charge is 0.188 e. The van der Waals surface area contributed by atoms with E-state index in [-0.39, 0.29) is 5.75 Å². The molecule has 1 aromatic carbocycles. The van der Waals surface area contributed by atoms with Crippen LogP contribution in [0, 0.1) is 6.92 Å². The second-order valence-corrected chi connectivity index (χ2v) is 5.28. The van der Waals surface area contributed by atoms with Crippen molar-refractivity contribution >= 4 is 22.2 Å². The molecule has 0 saturated heterocycles. The molecule has 0 bridgehead atoms. The van der Waals surface area contributed by atoms with Gasteiger partial charge in [-0.15, -0.1) is 11.3 Å². The van der Waals surface area contributed by atoms with Crippen LogP contribution in [0.2, 0.25) is 0 Å². The lowest BCUT2D eigenvalue weighted by molar-refractivity contribution is 0.475. The van der Waals surface area contributed by atoms with Crippen molar-refractivity contribution in [3.63, 3.8) is 0 Å². The van der Waals surface area contributed by atoms with E-state index in [1.165, 1.54) is 0 Å². The van der Waals surface area contributed by atoms with Crippen molar-refractivity contribution in [2.24, 2.45) is 0 Å². The van der Waals surface area contributed by atoms with E-state index in [1.807, 2.05) is 19.1 Å². The Hall–Kier alpha value is -2.27. The minimum Gasteiger partial charge on any atom is -0.508 e. The van der Waals surface area contributed by atoms with Gasteiger partial charge in [0.15, 0.2) is 10.9 Å². The SMILES string of the molecule is Cc1sc(Nc2ccc(O)cc2)nc1-c1ccco1. The number of rotatable bonds is 3. The third-order valence-electron chi connectivity index (χ3n) is 2.67. The molecule has 0 radical (unpaired) electrons. The van der Waals surface area contributed by atoms with Crippen LogP contribution in [0.4, 0.5) is 10.8 Å². The Bertz CT molecular complexity index is 672. The number of nitrogens with one attached hydrogen (secondary N) is 1. The van der Waals surface area contributed by atoms with Gasteiger partial charge in [0.1, 0.15) is 11.4 Å². The Morgan fingerprint density at radius 3 is 2.68 bits per heavy atom. The van der Waals surface area contributed by atoms with Gasteiger partial charge in [0.05, 0.1) is 6.26 Å². The molecule has 2 aromatic heterocycles. The van der Waals surface area contributed by atoms with Gasteiger partial charge in [-0.05, 0) is 43.3 Å². The van der Waals surface area contributed by atoms with Gasteiger partial charge in [-0.2, -0.15) is 0 Å². The zero-order valence-electron chi connectivity index (χ0n) is 10.3. The fraction of sp³-hybridized carbons (Fsp3) is 0.0714. The fourth-order valence-corrected chi connectivity index (χ4v) is 2.60. The molecular formula is C14H12N2O2S. The Kier molecular flexibility index (Phi) is 2.97. The molecule has 0 aliphatic carbocycles. The summed E-state index contributed by atoms with van der Waals surface area (Å²) in [6.07, 6.45) is 1.64. The molecule has 0 fully saturated rings. The lowest BCUT2D eigenvalue weighted by atomic mass is 10.3. The Balaban J connectivity index is 1.87. The summed E-state index contributed by atoms with van der Waals surface area (Å²) in [5.41, 5.74) is 1.74. The number of aromatic nitrogens is 1. The van der Waals surface area contributed by atoms with E-state index in [1.54, 1.807) is 41.9 Å². The fourth-order valence-electron chi connectivity index (χ4n) is 1.76. The van der Waals surface area contributed by atoms with Crippen molar-refractivity contribution in [3.05, 3.63) is 47.5 Å². The van der Waals surface area contributed by atoms with Crippen LogP contribution in [0.3, 0.4) is 0 Å². The first kappa shape index (κ1) is 11.8. The van der Waals surface area contributed by atoms with E-state index in [2.05, 4.69) is 10.3 Å². The van der Waals surface area contributed by atoms with Crippen molar-refractivity contribution in [1.29, 1.82) is 0 Å². The van der Waals surface area contributed by atoms with Crippen LogP contribution >= 0.6 is 11.3 Å². The van der Waals surface area contributed by atoms with E-state index in [0.29, 0.717) is 0 Å². The number of aryl methyl sites for hydroxylation is 1. The maximum Gasteiger partial charge on any atom is 0.188 e. The molecule has 0 amide bonds. The highest BCUT2D eigenvalue weighted by Gasteiger charge is 2.11. The quantitative estimate of drug-likeness (QED) is 0.703. The van der Waals surface area contributed by atoms with Crippen LogP contribution in [0.1, 0.15) is 4.88 Å². The minimum atomic E-state index is 0.247. The molecule has 2 N–H and O–H groups in total. The molecule has 2 heterocycles. The van der Waals surface area contributed by atoms with Crippen LogP contribution in [-0.2, 0) is 0 Å². The predicted octanol–water partition coefficient (Wildman–Crippen LogP) is 4.16. The molecule has 4 nitrogen and oxygen atoms in total. The van der Waals surface area contributed by atoms with Gasteiger partial charge in [0.25, 0.3) is 0 Å². The Morgan fingerprint density at radius 1 is 1.21 bits per heavy atom. The molecule has 0 atom stereocenters. The molecule has 0 saturated carbocycles. The number of hydrogen-bond donors (Lipinski definition) is 2. The largest absolute Gasteiger partial charge is 0.508 e. The van der Waals surface area contributed by atoms with E-state index < -0.39 is 0 Å². The van der Waals surface area contributed by atoms with Crippen molar-refractivity contribution in [1.82, 2.24) is 4.98 Å². The van der Waals surface area contributed by atoms with Gasteiger partial charge in [-0.25, -0.2) is 4.98 Å². The van der Waals surface area contributed by atoms with Crippen LogP contribution in [0.5, 0.6) is 5.75 Å². The average molecular weight is 272 g/mol. The van der Waals surface area contributed by atoms with E-state index in [4.69, 9.17) is 4.42 Å². The van der Waals surface area contributed by atoms with Gasteiger partial charge in [0.2, 0.25) is 0 Å². The summed E-state index contributed by atoms with van der Waals surface area (Å²) in [5, 5.41) is 13.3. The van der Waals surface area contributed by atoms with E-state index in [9.17, 15) is 5.11 Å². The third-order valence-corrected chi connectivity index (χ3v) is 3.56. The number of hydrogen-bond acceptors (Lipinski definition) is 5. The van der Waals surface area contributed by atoms with Gasteiger partial charge in [-0.3, -0.25) is 0 Å². The summed E-state index contributed by atoms with van der Waals surface area (Å²) in [5.74, 6) is 1.02. The number of furan rings is 1. The minimum absolute atomic E-state index is 0.247. The normalized spacial score (nSPS) is 10.6. The van der Waals surface area contributed by atoms with Crippen molar-refractivity contribution in [2.75, 3.05) is 5.32 Å². The molecular weight excluding hydrogens is 260 g/mol. The standard InChI is InChI=1S/C14H12N2O2S/c1-9-13(12-3-2-8-18-12)16-14(19-9)15-10-4-6-11(17)7-5-10/h2-8,17H,1H3,(H,15,16). The zero-order valence-corrected chi connectivity index (χ0v) is 11.1. The maximum atomic E-state index is 9.24. The molecule has 3 rings (SSSR count). The van der Waals surface area contributed by atoms with Crippen molar-refractivity contribution in [2.45, 2.75) is 6.92 Å². The predicted molar refractivity (Wildman–Crippen MR) is 75.9 cm³/mol. The van der Waals surface area contributed by atoms with Gasteiger partial charge in [0, 0.05) is 10.6 Å². The lowest BCUT2D eigenvalue weighted by Gasteiger charge is -2.01. The summed E-state index contributed by atoms with van der Waals surface area (Å²) in [7, 11) is 0. The molecule has 0 spiro atoms. The van der Waals surface area contributed by atoms with Crippen LogP contribution < -0.4 is 5.32 Å². The Morgan fingerprint density at radius 2 is 2.00 bits per heavy atom. The number of aromatic hydroxyl groups is 1. The second-order valence-electron chi connectivity index (χ2n) is 4.07. The van der Waals surface area contributed by atoms with Gasteiger partial charge < -0.3 is 14.8 Å². The van der Waals surface area contributed by atoms with Gasteiger partial charge >= 0.3 is 0 Å². The highest BCUT2D eigenvalue weighted by molar-refractivity contribution is 7.16. The van der Waals surface area contributed by atoms with Crippen LogP contribution in [0.25, 0.3) is 11.5 Å². The van der Waals surface area contributed by atoms with Crippen molar-refractivity contribution in [3.8, 4) is 17.2 Å². The first-order valence-electron chi connectivity index (χ1n) is 5.80. The molecule has 19 heavy (non-hydrogen) atoms. The van der Waals surface area contributed by atoms with Crippen LogP contribution in [-0.4, -0.2) is 10.1 Å². The monoisotopic (exact) mass is 272 g/mol. The summed E-state index contributed by atoms with van der Waals surface area (Å²) in [4.78, 5) is 5.61. The van der Waals surface area contributed by atoms with Crippen molar-refractivity contribution < 1.29 is 9.52 Å². The van der Waals surface area contributed by atoms with Gasteiger partial charge in [-0.1, -0.05) is 0 Å². The maximum absolute atomic E-state index is 9.24. The summed E-state index contributed by atoms with van der Waals surface area (Å²) in [6.45, 7) is 2.01. The second kappa shape index (κ2) is 4.78. The topological polar surface area (TPSA) is 58.3 Å². The molecule has 3 aromatic rings. The molecule has 0 aliphatic heterocycles. The highest BCUT2D eigenvalue weighted by atomic mass is 32.1. The number of phenolic OH excluding ortho intramolecular Hbond substituents is 1. The lowest BCUT2D eigenvalue weighted by Crippen LogP contribution is -1.88. The number of anilines is 2.